The third kappa shape index (κ3) is 5.83. The summed E-state index contributed by atoms with van der Waals surface area (Å²) < 4.78 is 27.2. The fraction of sp³-hybridized carbons (Fsp3) is 0.143. The Kier molecular flexibility index (Phi) is 7.85. The molecule has 4 aromatic rings. The lowest BCUT2D eigenvalue weighted by molar-refractivity contribution is 0.0955. The number of hydrogen-bond acceptors (Lipinski definition) is 4. The SMILES string of the molecule is COc1cc(/C=N\NC(=O)c2ccc(-n3c(C)ccc3C)cc2)c(Br)cc1OCc1ccc(F)cc1. The van der Waals surface area contributed by atoms with E-state index in [1.807, 2.05) is 26.0 Å². The van der Waals surface area contributed by atoms with Crippen molar-refractivity contribution in [1.29, 1.82) is 0 Å². The zero-order valence-electron chi connectivity index (χ0n) is 20.1. The molecule has 1 amide bonds. The molecule has 36 heavy (non-hydrogen) atoms. The van der Waals surface area contributed by atoms with E-state index >= 15 is 0 Å². The number of benzene rings is 3. The van der Waals surface area contributed by atoms with Crippen LogP contribution in [0.4, 0.5) is 4.39 Å². The van der Waals surface area contributed by atoms with Gasteiger partial charge >= 0.3 is 0 Å². The Morgan fingerprint density at radius 2 is 1.67 bits per heavy atom. The van der Waals surface area contributed by atoms with Crippen molar-refractivity contribution in [1.82, 2.24) is 9.99 Å². The summed E-state index contributed by atoms with van der Waals surface area (Å²) in [4.78, 5) is 12.6. The van der Waals surface area contributed by atoms with Crippen LogP contribution in [0.25, 0.3) is 5.69 Å². The van der Waals surface area contributed by atoms with Crippen molar-refractivity contribution in [3.63, 3.8) is 0 Å². The second-order valence-corrected chi connectivity index (χ2v) is 8.99. The van der Waals surface area contributed by atoms with Gasteiger partial charge in [-0.1, -0.05) is 12.1 Å². The number of methoxy groups -OCH3 is 1. The van der Waals surface area contributed by atoms with Crippen molar-refractivity contribution >= 4 is 28.1 Å². The number of nitrogens with zero attached hydrogens (tertiary/aromatic N) is 2. The smallest absolute Gasteiger partial charge is 0.271 e. The summed E-state index contributed by atoms with van der Waals surface area (Å²) in [5.74, 6) is 0.400. The number of aromatic nitrogens is 1. The normalized spacial score (nSPS) is 11.0. The van der Waals surface area contributed by atoms with E-state index in [1.54, 1.807) is 36.4 Å². The molecule has 0 fully saturated rings. The number of ether oxygens (including phenoxy) is 2. The number of carbonyl (C=O) groups excluding carboxylic acids is 1. The molecule has 184 valence electrons. The molecule has 4 rings (SSSR count). The number of carbonyl (C=O) groups is 1. The molecular formula is C28H25BrFN3O3. The Hall–Kier alpha value is -3.91. The van der Waals surface area contributed by atoms with Crippen LogP contribution in [0.15, 0.2) is 82.4 Å². The van der Waals surface area contributed by atoms with Crippen LogP contribution in [0.5, 0.6) is 11.5 Å². The molecule has 0 atom stereocenters. The fourth-order valence-electron chi connectivity index (χ4n) is 3.73. The molecule has 0 aliphatic carbocycles. The largest absolute Gasteiger partial charge is 0.493 e. The molecule has 1 N–H and O–H groups in total. The van der Waals surface area contributed by atoms with Gasteiger partial charge in [0, 0.05) is 32.7 Å². The molecule has 0 saturated heterocycles. The second kappa shape index (κ2) is 11.2. The third-order valence-electron chi connectivity index (χ3n) is 5.62. The van der Waals surface area contributed by atoms with Gasteiger partial charge in [0.25, 0.3) is 5.91 Å². The van der Waals surface area contributed by atoms with Crippen LogP contribution in [-0.4, -0.2) is 23.8 Å². The first-order valence-electron chi connectivity index (χ1n) is 11.2. The molecule has 6 nitrogen and oxygen atoms in total. The number of amides is 1. The Labute approximate surface area is 217 Å². The van der Waals surface area contributed by atoms with Crippen molar-refractivity contribution in [2.45, 2.75) is 20.5 Å². The van der Waals surface area contributed by atoms with Gasteiger partial charge in [-0.05, 0) is 96.0 Å². The highest BCUT2D eigenvalue weighted by Gasteiger charge is 2.11. The summed E-state index contributed by atoms with van der Waals surface area (Å²) in [6, 6.07) is 21.1. The summed E-state index contributed by atoms with van der Waals surface area (Å²) in [6.45, 7) is 4.34. The Morgan fingerprint density at radius 1 is 1.00 bits per heavy atom. The minimum atomic E-state index is -0.318. The summed E-state index contributed by atoms with van der Waals surface area (Å²) in [6.07, 6.45) is 1.52. The molecule has 0 unspecified atom stereocenters. The topological polar surface area (TPSA) is 64.8 Å². The summed E-state index contributed by atoms with van der Waals surface area (Å²) >= 11 is 3.51. The van der Waals surface area contributed by atoms with Crippen LogP contribution < -0.4 is 14.9 Å². The van der Waals surface area contributed by atoms with Gasteiger partial charge in [0.1, 0.15) is 12.4 Å². The van der Waals surface area contributed by atoms with E-state index in [9.17, 15) is 9.18 Å². The maximum Gasteiger partial charge on any atom is 0.271 e. The van der Waals surface area contributed by atoms with Crippen LogP contribution in [0.2, 0.25) is 0 Å². The Morgan fingerprint density at radius 3 is 2.31 bits per heavy atom. The first-order valence-corrected chi connectivity index (χ1v) is 12.0. The van der Waals surface area contributed by atoms with Gasteiger partial charge in [-0.25, -0.2) is 9.82 Å². The maximum atomic E-state index is 13.1. The van der Waals surface area contributed by atoms with Gasteiger partial charge in [0.15, 0.2) is 11.5 Å². The average Bonchev–Trinajstić information content (AvgIpc) is 3.22. The lowest BCUT2D eigenvalue weighted by atomic mass is 10.2. The number of nitrogens with one attached hydrogen (secondary N) is 1. The van der Waals surface area contributed by atoms with Gasteiger partial charge < -0.3 is 14.0 Å². The highest BCUT2D eigenvalue weighted by Crippen LogP contribution is 2.33. The molecule has 0 saturated carbocycles. The van der Waals surface area contributed by atoms with E-state index in [0.29, 0.717) is 27.1 Å². The predicted octanol–water partition coefficient (Wildman–Crippen LogP) is 6.35. The van der Waals surface area contributed by atoms with E-state index < -0.39 is 0 Å². The molecule has 0 spiro atoms. The zero-order chi connectivity index (χ0) is 25.7. The molecule has 1 aromatic heterocycles. The molecule has 0 bridgehead atoms. The zero-order valence-corrected chi connectivity index (χ0v) is 21.7. The average molecular weight is 550 g/mol. The highest BCUT2D eigenvalue weighted by atomic mass is 79.9. The number of hydrogen-bond donors (Lipinski definition) is 1. The number of aryl methyl sites for hydroxylation is 2. The number of halogens is 2. The molecule has 8 heteroatoms. The predicted molar refractivity (Wildman–Crippen MR) is 142 cm³/mol. The Balaban J connectivity index is 1.41. The highest BCUT2D eigenvalue weighted by molar-refractivity contribution is 9.10. The van der Waals surface area contributed by atoms with E-state index in [0.717, 1.165) is 22.6 Å². The fourth-order valence-corrected chi connectivity index (χ4v) is 4.15. The minimum Gasteiger partial charge on any atom is -0.493 e. The molecule has 0 radical (unpaired) electrons. The van der Waals surface area contributed by atoms with Gasteiger partial charge in [-0.3, -0.25) is 4.79 Å². The van der Waals surface area contributed by atoms with Gasteiger partial charge in [0.2, 0.25) is 0 Å². The molecular weight excluding hydrogens is 525 g/mol. The van der Waals surface area contributed by atoms with Crippen molar-refractivity contribution < 1.29 is 18.7 Å². The molecule has 0 aliphatic heterocycles. The molecule has 1 heterocycles. The van der Waals surface area contributed by atoms with Crippen molar-refractivity contribution in [3.8, 4) is 17.2 Å². The van der Waals surface area contributed by atoms with Gasteiger partial charge in [0.05, 0.1) is 13.3 Å². The maximum absolute atomic E-state index is 13.1. The van der Waals surface area contributed by atoms with Crippen molar-refractivity contribution in [2.75, 3.05) is 7.11 Å². The van der Waals surface area contributed by atoms with Gasteiger partial charge in [-0.15, -0.1) is 0 Å². The van der Waals surface area contributed by atoms with E-state index in [4.69, 9.17) is 9.47 Å². The number of hydrazone groups is 1. The third-order valence-corrected chi connectivity index (χ3v) is 6.31. The quantitative estimate of drug-likeness (QED) is 0.206. The van der Waals surface area contributed by atoms with Crippen molar-refractivity contribution in [2.24, 2.45) is 5.10 Å². The first-order chi connectivity index (χ1) is 17.4. The van der Waals surface area contributed by atoms with Crippen molar-refractivity contribution in [3.05, 3.63) is 111 Å². The first kappa shape index (κ1) is 25.2. The second-order valence-electron chi connectivity index (χ2n) is 8.14. The Bertz CT molecular complexity index is 1380. The lowest BCUT2D eigenvalue weighted by Crippen LogP contribution is -2.17. The van der Waals surface area contributed by atoms with Crippen LogP contribution in [0.3, 0.4) is 0 Å². The molecule has 3 aromatic carbocycles. The molecule has 0 aliphatic rings. The van der Waals surface area contributed by atoms with E-state index in [-0.39, 0.29) is 18.3 Å². The lowest BCUT2D eigenvalue weighted by Gasteiger charge is -2.13. The standard InChI is InChI=1S/C28H25BrFN3O3/c1-18-4-5-19(2)33(18)24-12-8-21(9-13-24)28(34)32-31-16-22-14-26(35-3)27(15-25(22)29)36-17-20-6-10-23(30)11-7-20/h4-16H,17H2,1-3H3,(H,32,34)/b31-16-. The van der Waals surface area contributed by atoms with Crippen LogP contribution in [0.1, 0.15) is 32.9 Å². The summed E-state index contributed by atoms with van der Waals surface area (Å²) in [5.41, 5.74) is 7.82. The summed E-state index contributed by atoms with van der Waals surface area (Å²) in [7, 11) is 1.54. The monoisotopic (exact) mass is 549 g/mol. The van der Waals surface area contributed by atoms with E-state index in [1.165, 1.54) is 25.5 Å². The van der Waals surface area contributed by atoms with Gasteiger partial charge in [-0.2, -0.15) is 5.10 Å². The minimum absolute atomic E-state index is 0.259. The number of rotatable bonds is 8. The van der Waals surface area contributed by atoms with Crippen LogP contribution in [0, 0.1) is 19.7 Å². The summed E-state index contributed by atoms with van der Waals surface area (Å²) in [5, 5.41) is 4.09. The van der Waals surface area contributed by atoms with E-state index in [2.05, 4.69) is 43.2 Å². The van der Waals surface area contributed by atoms with Crippen LogP contribution in [-0.2, 0) is 6.61 Å². The van der Waals surface area contributed by atoms with Crippen LogP contribution >= 0.6 is 15.9 Å².